The van der Waals surface area contributed by atoms with Crippen LogP contribution in [0.2, 0.25) is 0 Å². The quantitative estimate of drug-likeness (QED) is 0.775. The van der Waals surface area contributed by atoms with Crippen LogP contribution in [-0.2, 0) is 0 Å². The van der Waals surface area contributed by atoms with E-state index in [0.717, 1.165) is 0 Å². The van der Waals surface area contributed by atoms with Gasteiger partial charge in [0.05, 0.1) is 5.60 Å². The predicted octanol–water partition coefficient (Wildman–Crippen LogP) is 2.83. The van der Waals surface area contributed by atoms with Crippen molar-refractivity contribution in [3.8, 4) is 0 Å². The van der Waals surface area contributed by atoms with Gasteiger partial charge in [-0.3, -0.25) is 0 Å². The minimum absolute atomic E-state index is 0.383. The first-order valence-corrected chi connectivity index (χ1v) is 6.53. The molecule has 1 unspecified atom stereocenters. The lowest BCUT2D eigenvalue weighted by Crippen LogP contribution is -2.21. The molecule has 1 atom stereocenters. The van der Waals surface area contributed by atoms with E-state index in [1.807, 2.05) is 20.9 Å². The predicted molar refractivity (Wildman–Crippen MR) is 70.9 cm³/mol. The van der Waals surface area contributed by atoms with Gasteiger partial charge in [-0.05, 0) is 45.5 Å². The van der Waals surface area contributed by atoms with E-state index in [0.29, 0.717) is 11.8 Å². The Kier molecular flexibility index (Phi) is 4.84. The van der Waals surface area contributed by atoms with Crippen LogP contribution >= 0.6 is 11.8 Å². The number of benzene rings is 1. The molecule has 0 aliphatic rings. The molecule has 0 heterocycles. The first-order valence-electron chi connectivity index (χ1n) is 5.55. The molecule has 3 heteroatoms. The van der Waals surface area contributed by atoms with E-state index in [9.17, 15) is 5.11 Å². The van der Waals surface area contributed by atoms with E-state index in [-0.39, 0.29) is 0 Å². The van der Waals surface area contributed by atoms with E-state index >= 15 is 0 Å². The highest BCUT2D eigenvalue weighted by atomic mass is 32.2. The Labute approximate surface area is 102 Å². The lowest BCUT2D eigenvalue weighted by molar-refractivity contribution is 0.107. The van der Waals surface area contributed by atoms with Crippen molar-refractivity contribution in [1.29, 1.82) is 0 Å². The normalized spacial score (nSPS) is 13.8. The van der Waals surface area contributed by atoms with Crippen LogP contribution in [0.4, 0.5) is 0 Å². The van der Waals surface area contributed by atoms with Gasteiger partial charge in [0.2, 0.25) is 0 Å². The van der Waals surface area contributed by atoms with Crippen LogP contribution in [0.15, 0.2) is 29.2 Å². The first-order chi connectivity index (χ1) is 7.42. The summed E-state index contributed by atoms with van der Waals surface area (Å²) in [6.45, 7) is 5.80. The van der Waals surface area contributed by atoms with Crippen molar-refractivity contribution in [1.82, 2.24) is 5.32 Å². The highest BCUT2D eigenvalue weighted by Crippen LogP contribution is 2.24. The van der Waals surface area contributed by atoms with Crippen LogP contribution in [0, 0.1) is 0 Å². The van der Waals surface area contributed by atoms with Gasteiger partial charge in [-0.1, -0.05) is 12.1 Å². The Bertz CT molecular complexity index is 316. The summed E-state index contributed by atoms with van der Waals surface area (Å²) in [5.41, 5.74) is 0.678. The first kappa shape index (κ1) is 13.6. The van der Waals surface area contributed by atoms with Crippen LogP contribution in [0.3, 0.4) is 0 Å². The van der Waals surface area contributed by atoms with Crippen LogP contribution in [0.5, 0.6) is 0 Å². The third-order valence-electron chi connectivity index (χ3n) is 2.41. The second kappa shape index (κ2) is 5.71. The average Bonchev–Trinajstić information content (AvgIpc) is 2.25. The van der Waals surface area contributed by atoms with Crippen molar-refractivity contribution in [2.24, 2.45) is 0 Å². The van der Waals surface area contributed by atoms with Crippen molar-refractivity contribution in [3.05, 3.63) is 29.8 Å². The minimum Gasteiger partial charge on any atom is -0.390 e. The van der Waals surface area contributed by atoms with Crippen LogP contribution in [0.1, 0.15) is 32.4 Å². The largest absolute Gasteiger partial charge is 0.390 e. The molecule has 0 amide bonds. The van der Waals surface area contributed by atoms with Gasteiger partial charge in [-0.15, -0.1) is 11.8 Å². The van der Waals surface area contributed by atoms with Gasteiger partial charge in [0.25, 0.3) is 0 Å². The molecule has 1 aromatic carbocycles. The second-order valence-corrected chi connectivity index (χ2v) is 5.73. The maximum Gasteiger partial charge on any atom is 0.0685 e. The molecule has 0 bridgehead atoms. The van der Waals surface area contributed by atoms with Crippen molar-refractivity contribution in [2.75, 3.05) is 12.8 Å². The summed E-state index contributed by atoms with van der Waals surface area (Å²) < 4.78 is 0. The van der Waals surface area contributed by atoms with Crippen LogP contribution < -0.4 is 5.32 Å². The molecule has 0 radical (unpaired) electrons. The molecule has 90 valence electrons. The van der Waals surface area contributed by atoms with Crippen LogP contribution in [-0.4, -0.2) is 23.5 Å². The lowest BCUT2D eigenvalue weighted by Gasteiger charge is -2.16. The van der Waals surface area contributed by atoms with E-state index < -0.39 is 5.60 Å². The number of rotatable bonds is 5. The van der Waals surface area contributed by atoms with Gasteiger partial charge in [-0.2, -0.15) is 0 Å². The number of nitrogens with one attached hydrogen (secondary N) is 1. The molecule has 0 aromatic heterocycles. The zero-order chi connectivity index (χ0) is 12.2. The van der Waals surface area contributed by atoms with Gasteiger partial charge < -0.3 is 10.4 Å². The molecular formula is C13H21NOS. The molecule has 1 aromatic rings. The SMILES string of the molecule is CNC(C)c1ccc(SCC(C)(C)O)cc1. The summed E-state index contributed by atoms with van der Waals surface area (Å²) in [6, 6.07) is 8.87. The Balaban J connectivity index is 2.58. The fourth-order valence-electron chi connectivity index (χ4n) is 1.28. The summed E-state index contributed by atoms with van der Waals surface area (Å²) in [4.78, 5) is 1.20. The van der Waals surface area contributed by atoms with Crippen molar-refractivity contribution < 1.29 is 5.11 Å². The number of hydrogen-bond acceptors (Lipinski definition) is 3. The fraction of sp³-hybridized carbons (Fsp3) is 0.538. The average molecular weight is 239 g/mol. The summed E-state index contributed by atoms with van der Waals surface area (Å²) in [5.74, 6) is 0.716. The van der Waals surface area contributed by atoms with E-state index in [4.69, 9.17) is 0 Å². The van der Waals surface area contributed by atoms with Gasteiger partial charge in [0.1, 0.15) is 0 Å². The maximum atomic E-state index is 9.63. The molecule has 0 saturated carbocycles. The number of hydrogen-bond donors (Lipinski definition) is 2. The highest BCUT2D eigenvalue weighted by Gasteiger charge is 2.12. The molecule has 2 N–H and O–H groups in total. The third kappa shape index (κ3) is 4.56. The van der Waals surface area contributed by atoms with Gasteiger partial charge in [0.15, 0.2) is 0 Å². The van der Waals surface area contributed by atoms with Gasteiger partial charge >= 0.3 is 0 Å². The molecule has 1 rings (SSSR count). The van der Waals surface area contributed by atoms with Crippen molar-refractivity contribution in [3.63, 3.8) is 0 Å². The molecule has 0 saturated heterocycles. The Morgan fingerprint density at radius 2 is 1.88 bits per heavy atom. The number of thioether (sulfide) groups is 1. The number of aliphatic hydroxyl groups is 1. The zero-order valence-electron chi connectivity index (χ0n) is 10.4. The molecule has 0 aliphatic heterocycles. The van der Waals surface area contributed by atoms with E-state index in [1.165, 1.54) is 10.5 Å². The summed E-state index contributed by atoms with van der Waals surface area (Å²) in [6.07, 6.45) is 0. The Morgan fingerprint density at radius 3 is 2.31 bits per heavy atom. The molecule has 0 aliphatic carbocycles. The molecule has 2 nitrogen and oxygen atoms in total. The second-order valence-electron chi connectivity index (χ2n) is 4.68. The lowest BCUT2D eigenvalue weighted by atomic mass is 10.1. The Morgan fingerprint density at radius 1 is 1.31 bits per heavy atom. The van der Waals surface area contributed by atoms with Crippen LogP contribution in [0.25, 0.3) is 0 Å². The molecule has 16 heavy (non-hydrogen) atoms. The minimum atomic E-state index is -0.610. The topological polar surface area (TPSA) is 32.3 Å². The smallest absolute Gasteiger partial charge is 0.0685 e. The summed E-state index contributed by atoms with van der Waals surface area (Å²) in [5, 5.41) is 12.8. The van der Waals surface area contributed by atoms with E-state index in [2.05, 4.69) is 36.5 Å². The molecule has 0 spiro atoms. The third-order valence-corrected chi connectivity index (χ3v) is 3.86. The van der Waals surface area contributed by atoms with E-state index in [1.54, 1.807) is 11.8 Å². The molecule has 0 fully saturated rings. The monoisotopic (exact) mass is 239 g/mol. The maximum absolute atomic E-state index is 9.63. The standard InChI is InChI=1S/C13H21NOS/c1-10(14-4)11-5-7-12(8-6-11)16-9-13(2,3)15/h5-8,10,14-15H,9H2,1-4H3. The zero-order valence-corrected chi connectivity index (χ0v) is 11.3. The van der Waals surface area contributed by atoms with Gasteiger partial charge in [-0.25, -0.2) is 0 Å². The molecular weight excluding hydrogens is 218 g/mol. The summed E-state index contributed by atoms with van der Waals surface area (Å²) >= 11 is 1.68. The van der Waals surface area contributed by atoms with Crippen molar-refractivity contribution in [2.45, 2.75) is 37.3 Å². The van der Waals surface area contributed by atoms with Gasteiger partial charge in [0, 0.05) is 16.7 Å². The summed E-state index contributed by atoms with van der Waals surface area (Å²) in [7, 11) is 1.96. The fourth-order valence-corrected chi connectivity index (χ4v) is 2.13. The van der Waals surface area contributed by atoms with Crippen molar-refractivity contribution >= 4 is 11.8 Å². The highest BCUT2D eigenvalue weighted by molar-refractivity contribution is 7.99. The Hall–Kier alpha value is -0.510.